The van der Waals surface area contributed by atoms with Crippen molar-refractivity contribution in [2.24, 2.45) is 0 Å². The minimum atomic E-state index is -0.455. The minimum absolute atomic E-state index is 0.136. The second-order valence-electron chi connectivity index (χ2n) is 6.40. The molecule has 0 radical (unpaired) electrons. The van der Waals surface area contributed by atoms with Crippen LogP contribution in [-0.2, 0) is 16.0 Å². The number of nitrogens with zero attached hydrogens (tertiary/aromatic N) is 1. The zero-order valence-corrected chi connectivity index (χ0v) is 17.4. The van der Waals surface area contributed by atoms with E-state index in [1.165, 1.54) is 0 Å². The first-order valence-corrected chi connectivity index (χ1v) is 10.2. The molecule has 7 nitrogen and oxygen atoms in total. The molecule has 0 bridgehead atoms. The highest BCUT2D eigenvalue weighted by Gasteiger charge is 2.18. The smallest absolute Gasteiger partial charge is 0.350 e. The highest BCUT2D eigenvalue weighted by atomic mass is 32.1. The summed E-state index contributed by atoms with van der Waals surface area (Å²) in [5, 5.41) is 5.81. The Morgan fingerprint density at radius 1 is 1.00 bits per heavy atom. The second-order valence-corrected chi connectivity index (χ2v) is 7.40. The number of hydrogen-bond donors (Lipinski definition) is 2. The van der Waals surface area contributed by atoms with Crippen LogP contribution < -0.4 is 10.6 Å². The molecule has 1 heterocycles. The van der Waals surface area contributed by atoms with E-state index in [1.807, 2.05) is 30.3 Å². The van der Waals surface area contributed by atoms with Gasteiger partial charge in [-0.15, -0.1) is 0 Å². The highest BCUT2D eigenvalue weighted by Crippen LogP contribution is 2.24. The number of ether oxygens (including phenoxy) is 1. The molecule has 154 valence electrons. The summed E-state index contributed by atoms with van der Waals surface area (Å²) in [6.45, 7) is 3.68. The number of aromatic nitrogens is 1. The molecule has 8 heteroatoms. The van der Waals surface area contributed by atoms with E-state index in [-0.39, 0.29) is 24.8 Å². The number of amides is 2. The quantitative estimate of drug-likeness (QED) is 0.559. The van der Waals surface area contributed by atoms with Crippen LogP contribution in [0.25, 0.3) is 0 Å². The molecule has 0 aliphatic carbocycles. The molecular weight excluding hydrogens is 402 g/mol. The monoisotopic (exact) mass is 423 g/mol. The van der Waals surface area contributed by atoms with Gasteiger partial charge in [0.15, 0.2) is 5.13 Å². The van der Waals surface area contributed by atoms with Crippen molar-refractivity contribution in [1.82, 2.24) is 4.98 Å². The fraction of sp³-hybridized carbons (Fsp3) is 0.182. The van der Waals surface area contributed by atoms with Gasteiger partial charge in [-0.05, 0) is 43.7 Å². The molecule has 2 amide bonds. The third-order valence-corrected chi connectivity index (χ3v) is 5.17. The normalized spacial score (nSPS) is 10.3. The largest absolute Gasteiger partial charge is 0.462 e. The molecule has 2 aromatic carbocycles. The molecule has 0 aliphatic rings. The Hall–Kier alpha value is -3.52. The summed E-state index contributed by atoms with van der Waals surface area (Å²) < 4.78 is 4.98. The standard InChI is InChI=1S/C22H21N3O4S/c1-3-29-21(28)19-14(2)23-22(30-19)25-20(27)16-9-11-17(12-10-16)24-18(26)13-15-7-5-4-6-8-15/h4-12H,3,13H2,1-2H3,(H,24,26)(H,23,25,27). The van der Waals surface area contributed by atoms with Crippen molar-refractivity contribution in [3.05, 3.63) is 76.3 Å². The van der Waals surface area contributed by atoms with Gasteiger partial charge >= 0.3 is 5.97 Å². The lowest BCUT2D eigenvalue weighted by Crippen LogP contribution is -2.15. The lowest BCUT2D eigenvalue weighted by Gasteiger charge is -2.07. The Morgan fingerprint density at radius 2 is 1.70 bits per heavy atom. The minimum Gasteiger partial charge on any atom is -0.462 e. The molecule has 3 aromatic rings. The molecule has 3 rings (SSSR count). The summed E-state index contributed by atoms with van der Waals surface area (Å²) >= 11 is 1.07. The Labute approximate surface area is 178 Å². The maximum Gasteiger partial charge on any atom is 0.350 e. The third kappa shape index (κ3) is 5.51. The maximum absolute atomic E-state index is 12.5. The maximum atomic E-state index is 12.5. The van der Waals surface area contributed by atoms with Gasteiger partial charge in [-0.1, -0.05) is 41.7 Å². The van der Waals surface area contributed by atoms with Crippen molar-refractivity contribution < 1.29 is 19.1 Å². The van der Waals surface area contributed by atoms with Crippen LogP contribution in [0.3, 0.4) is 0 Å². The number of benzene rings is 2. The van der Waals surface area contributed by atoms with E-state index in [0.29, 0.717) is 27.0 Å². The average molecular weight is 423 g/mol. The highest BCUT2D eigenvalue weighted by molar-refractivity contribution is 7.17. The molecule has 30 heavy (non-hydrogen) atoms. The number of rotatable bonds is 7. The van der Waals surface area contributed by atoms with Crippen LogP contribution in [0.5, 0.6) is 0 Å². The van der Waals surface area contributed by atoms with Gasteiger partial charge < -0.3 is 10.1 Å². The molecule has 0 fully saturated rings. The summed E-state index contributed by atoms with van der Waals surface area (Å²) in [5.41, 5.74) is 2.43. The van der Waals surface area contributed by atoms with Crippen molar-refractivity contribution >= 4 is 39.9 Å². The van der Waals surface area contributed by atoms with Crippen molar-refractivity contribution in [2.45, 2.75) is 20.3 Å². The molecular formula is C22H21N3O4S. The summed E-state index contributed by atoms with van der Waals surface area (Å²) in [6, 6.07) is 16.0. The van der Waals surface area contributed by atoms with E-state index >= 15 is 0 Å². The van der Waals surface area contributed by atoms with E-state index in [4.69, 9.17) is 4.74 Å². The number of carbonyl (C=O) groups is 3. The molecule has 0 unspecified atom stereocenters. The number of anilines is 2. The SMILES string of the molecule is CCOC(=O)c1sc(NC(=O)c2ccc(NC(=O)Cc3ccccc3)cc2)nc1C. The fourth-order valence-electron chi connectivity index (χ4n) is 2.70. The molecule has 0 saturated carbocycles. The summed E-state index contributed by atoms with van der Waals surface area (Å²) in [6.07, 6.45) is 0.273. The average Bonchev–Trinajstić information content (AvgIpc) is 3.09. The van der Waals surface area contributed by atoms with Crippen molar-refractivity contribution in [3.8, 4) is 0 Å². The van der Waals surface area contributed by atoms with Gasteiger partial charge in [0.05, 0.1) is 18.7 Å². The van der Waals surface area contributed by atoms with Crippen LogP contribution in [-0.4, -0.2) is 29.4 Å². The number of hydrogen-bond acceptors (Lipinski definition) is 6. The number of aryl methyl sites for hydroxylation is 1. The van der Waals surface area contributed by atoms with Crippen LogP contribution in [0, 0.1) is 6.92 Å². The van der Waals surface area contributed by atoms with E-state index in [9.17, 15) is 14.4 Å². The number of carbonyl (C=O) groups excluding carboxylic acids is 3. The summed E-state index contributed by atoms with van der Waals surface area (Å²) in [5.74, 6) is -0.951. The van der Waals surface area contributed by atoms with Gasteiger partial charge in [0, 0.05) is 11.3 Å². The second kappa shape index (κ2) is 9.80. The Bertz CT molecular complexity index is 1050. The van der Waals surface area contributed by atoms with Gasteiger partial charge in [0.1, 0.15) is 4.88 Å². The predicted molar refractivity (Wildman–Crippen MR) is 116 cm³/mol. The summed E-state index contributed by atoms with van der Waals surface area (Å²) in [7, 11) is 0. The van der Waals surface area contributed by atoms with Crippen LogP contribution in [0.1, 0.15) is 38.2 Å². The molecule has 0 atom stereocenters. The first-order chi connectivity index (χ1) is 14.5. The van der Waals surface area contributed by atoms with Gasteiger partial charge in [-0.25, -0.2) is 9.78 Å². The number of esters is 1. The number of thiazole rings is 1. The van der Waals surface area contributed by atoms with E-state index in [1.54, 1.807) is 38.1 Å². The van der Waals surface area contributed by atoms with Crippen molar-refractivity contribution in [3.63, 3.8) is 0 Å². The zero-order valence-electron chi connectivity index (χ0n) is 16.6. The summed E-state index contributed by atoms with van der Waals surface area (Å²) in [4.78, 5) is 41.0. The Kier molecular flexibility index (Phi) is 6.92. The third-order valence-electron chi connectivity index (χ3n) is 4.12. The predicted octanol–water partition coefficient (Wildman–Crippen LogP) is 4.06. The lowest BCUT2D eigenvalue weighted by atomic mass is 10.1. The fourth-order valence-corrected chi connectivity index (χ4v) is 3.55. The lowest BCUT2D eigenvalue weighted by molar-refractivity contribution is -0.115. The molecule has 2 N–H and O–H groups in total. The number of nitrogens with one attached hydrogen (secondary N) is 2. The van der Waals surface area contributed by atoms with Crippen LogP contribution in [0.2, 0.25) is 0 Å². The van der Waals surface area contributed by atoms with Crippen molar-refractivity contribution in [1.29, 1.82) is 0 Å². The van der Waals surface area contributed by atoms with E-state index < -0.39 is 5.97 Å². The van der Waals surface area contributed by atoms with Gasteiger partial charge in [-0.3, -0.25) is 14.9 Å². The van der Waals surface area contributed by atoms with Gasteiger partial charge in [0.2, 0.25) is 5.91 Å². The zero-order chi connectivity index (χ0) is 21.5. The topological polar surface area (TPSA) is 97.4 Å². The van der Waals surface area contributed by atoms with Gasteiger partial charge in [-0.2, -0.15) is 0 Å². The first-order valence-electron chi connectivity index (χ1n) is 9.36. The van der Waals surface area contributed by atoms with Crippen LogP contribution in [0.4, 0.5) is 10.8 Å². The van der Waals surface area contributed by atoms with Crippen LogP contribution in [0.15, 0.2) is 54.6 Å². The first kappa shape index (κ1) is 21.2. The molecule has 0 saturated heterocycles. The molecule has 0 aliphatic heterocycles. The Balaban J connectivity index is 1.59. The van der Waals surface area contributed by atoms with E-state index in [2.05, 4.69) is 15.6 Å². The van der Waals surface area contributed by atoms with Gasteiger partial charge in [0.25, 0.3) is 5.91 Å². The molecule has 0 spiro atoms. The molecule has 1 aromatic heterocycles. The van der Waals surface area contributed by atoms with E-state index in [0.717, 1.165) is 16.9 Å². The Morgan fingerprint density at radius 3 is 2.37 bits per heavy atom. The van der Waals surface area contributed by atoms with Crippen molar-refractivity contribution in [2.75, 3.05) is 17.2 Å². The van der Waals surface area contributed by atoms with Crippen LogP contribution >= 0.6 is 11.3 Å².